The van der Waals surface area contributed by atoms with E-state index in [2.05, 4.69) is 25.2 Å². The van der Waals surface area contributed by atoms with Crippen LogP contribution in [0.25, 0.3) is 0 Å². The Bertz CT molecular complexity index is 624. The van der Waals surface area contributed by atoms with Gasteiger partial charge in [0.05, 0.1) is 6.20 Å². The van der Waals surface area contributed by atoms with Crippen molar-refractivity contribution >= 4 is 10.0 Å². The van der Waals surface area contributed by atoms with Crippen molar-refractivity contribution in [3.63, 3.8) is 0 Å². The molecule has 0 unspecified atom stereocenters. The van der Waals surface area contributed by atoms with Crippen molar-refractivity contribution in [3.8, 4) is 0 Å². The van der Waals surface area contributed by atoms with Crippen LogP contribution >= 0.6 is 0 Å². The van der Waals surface area contributed by atoms with Crippen LogP contribution in [0.2, 0.25) is 0 Å². The van der Waals surface area contributed by atoms with Gasteiger partial charge in [-0.15, -0.1) is 0 Å². The van der Waals surface area contributed by atoms with Crippen LogP contribution in [0.5, 0.6) is 0 Å². The monoisotopic (exact) mass is 281 g/mol. The van der Waals surface area contributed by atoms with Gasteiger partial charge < -0.3 is 5.32 Å². The molecule has 0 amide bonds. The van der Waals surface area contributed by atoms with Gasteiger partial charge in [-0.05, 0) is 18.7 Å². The number of nitrogens with zero attached hydrogens (tertiary/aromatic N) is 2. The second kappa shape index (κ2) is 5.91. The largest absolute Gasteiger partial charge is 0.316 e. The molecule has 0 saturated heterocycles. The molecule has 0 aromatic carbocycles. The minimum Gasteiger partial charge on any atom is -0.316 e. The molecule has 0 fully saturated rings. The first-order chi connectivity index (χ1) is 9.13. The number of hydrogen-bond donors (Lipinski definition) is 3. The first-order valence-corrected chi connectivity index (χ1v) is 7.17. The number of rotatable bonds is 6. The van der Waals surface area contributed by atoms with Crippen LogP contribution in [0.15, 0.2) is 35.7 Å². The topological polar surface area (TPSA) is 99.8 Å². The Morgan fingerprint density at radius 1 is 1.32 bits per heavy atom. The fourth-order valence-electron chi connectivity index (χ4n) is 1.60. The Hall–Kier alpha value is -1.77. The zero-order valence-corrected chi connectivity index (χ0v) is 11.2. The number of aromatic amines is 1. The molecule has 0 bridgehead atoms. The number of aromatic nitrogens is 3. The smallest absolute Gasteiger partial charge is 0.258 e. The minimum atomic E-state index is -3.60. The SMILES string of the molecule is CNCc1cn[nH]c1S(=O)(=O)NCc1cccnc1. The van der Waals surface area contributed by atoms with Gasteiger partial charge in [0.15, 0.2) is 5.03 Å². The molecule has 0 spiro atoms. The number of pyridine rings is 1. The standard InChI is InChI=1S/C11H15N5O2S/c1-12-7-10-8-14-16-11(10)19(17,18)15-6-9-3-2-4-13-5-9/h2-5,8,12,15H,6-7H2,1H3,(H,14,16). The molecule has 19 heavy (non-hydrogen) atoms. The van der Waals surface area contributed by atoms with Crippen molar-refractivity contribution in [2.24, 2.45) is 0 Å². The molecule has 2 aromatic rings. The van der Waals surface area contributed by atoms with Gasteiger partial charge in [0, 0.05) is 31.0 Å². The van der Waals surface area contributed by atoms with E-state index in [0.29, 0.717) is 12.1 Å². The molecule has 102 valence electrons. The highest BCUT2D eigenvalue weighted by atomic mass is 32.2. The average molecular weight is 281 g/mol. The number of nitrogens with one attached hydrogen (secondary N) is 3. The predicted molar refractivity (Wildman–Crippen MR) is 69.6 cm³/mol. The Morgan fingerprint density at radius 2 is 2.16 bits per heavy atom. The predicted octanol–water partition coefficient (Wildman–Crippen LogP) is 0.00260. The lowest BCUT2D eigenvalue weighted by Gasteiger charge is -2.06. The third kappa shape index (κ3) is 3.37. The summed E-state index contributed by atoms with van der Waals surface area (Å²) in [5.41, 5.74) is 1.39. The Kier molecular flexibility index (Phi) is 4.25. The lowest BCUT2D eigenvalue weighted by atomic mass is 10.3. The van der Waals surface area contributed by atoms with E-state index in [-0.39, 0.29) is 11.6 Å². The maximum absolute atomic E-state index is 12.1. The second-order valence-electron chi connectivity index (χ2n) is 3.94. The molecular weight excluding hydrogens is 266 g/mol. The third-order valence-corrected chi connectivity index (χ3v) is 3.92. The fourth-order valence-corrected chi connectivity index (χ4v) is 2.75. The summed E-state index contributed by atoms with van der Waals surface area (Å²) in [6.45, 7) is 0.619. The van der Waals surface area contributed by atoms with Crippen LogP contribution in [0, 0.1) is 0 Å². The molecule has 3 N–H and O–H groups in total. The lowest BCUT2D eigenvalue weighted by molar-refractivity contribution is 0.574. The third-order valence-electron chi connectivity index (χ3n) is 2.50. The average Bonchev–Trinajstić information content (AvgIpc) is 2.87. The molecule has 2 aromatic heterocycles. The van der Waals surface area contributed by atoms with Crippen LogP contribution in [0.1, 0.15) is 11.1 Å². The lowest BCUT2D eigenvalue weighted by Crippen LogP contribution is -2.25. The summed E-state index contributed by atoms with van der Waals surface area (Å²) in [5.74, 6) is 0. The summed E-state index contributed by atoms with van der Waals surface area (Å²) < 4.78 is 26.8. The first-order valence-electron chi connectivity index (χ1n) is 5.69. The van der Waals surface area contributed by atoms with Crippen LogP contribution in [0.3, 0.4) is 0 Å². The highest BCUT2D eigenvalue weighted by molar-refractivity contribution is 7.89. The van der Waals surface area contributed by atoms with E-state index in [4.69, 9.17) is 0 Å². The molecule has 0 aliphatic rings. The maximum atomic E-state index is 12.1. The summed E-state index contributed by atoms with van der Waals surface area (Å²) in [5, 5.41) is 9.26. The molecule has 2 rings (SSSR count). The van der Waals surface area contributed by atoms with Crippen LogP contribution < -0.4 is 10.0 Å². The number of H-pyrrole nitrogens is 1. The summed E-state index contributed by atoms with van der Waals surface area (Å²) >= 11 is 0. The van der Waals surface area contributed by atoms with Crippen LogP contribution in [0.4, 0.5) is 0 Å². The Balaban J connectivity index is 2.12. The van der Waals surface area contributed by atoms with Gasteiger partial charge in [0.1, 0.15) is 0 Å². The van der Waals surface area contributed by atoms with Crippen molar-refractivity contribution in [3.05, 3.63) is 41.9 Å². The van der Waals surface area contributed by atoms with Gasteiger partial charge in [-0.3, -0.25) is 10.1 Å². The number of hydrogen-bond acceptors (Lipinski definition) is 5. The van der Waals surface area contributed by atoms with Gasteiger partial charge in [-0.25, -0.2) is 13.1 Å². The Labute approximate surface area is 111 Å². The summed E-state index contributed by atoms with van der Waals surface area (Å²) in [7, 11) is -1.86. The van der Waals surface area contributed by atoms with E-state index in [0.717, 1.165) is 5.56 Å². The van der Waals surface area contributed by atoms with Crippen molar-refractivity contribution < 1.29 is 8.42 Å². The molecule has 7 nitrogen and oxygen atoms in total. The van der Waals surface area contributed by atoms with E-state index in [1.54, 1.807) is 31.6 Å². The second-order valence-corrected chi connectivity index (χ2v) is 5.64. The molecule has 0 aliphatic heterocycles. The molecular formula is C11H15N5O2S. The highest BCUT2D eigenvalue weighted by Crippen LogP contribution is 2.11. The number of sulfonamides is 1. The summed E-state index contributed by atoms with van der Waals surface area (Å²) in [4.78, 5) is 3.93. The van der Waals surface area contributed by atoms with Gasteiger partial charge in [0.2, 0.25) is 0 Å². The quantitative estimate of drug-likeness (QED) is 0.692. The van der Waals surface area contributed by atoms with Crippen molar-refractivity contribution in [1.82, 2.24) is 25.2 Å². The highest BCUT2D eigenvalue weighted by Gasteiger charge is 2.20. The molecule has 0 radical (unpaired) electrons. The van der Waals surface area contributed by atoms with Gasteiger partial charge in [0.25, 0.3) is 10.0 Å². The van der Waals surface area contributed by atoms with Crippen molar-refractivity contribution in [2.75, 3.05) is 7.05 Å². The van der Waals surface area contributed by atoms with Crippen LogP contribution in [-0.4, -0.2) is 30.6 Å². The molecule has 0 saturated carbocycles. The van der Waals surface area contributed by atoms with Crippen molar-refractivity contribution in [2.45, 2.75) is 18.1 Å². The summed E-state index contributed by atoms with van der Waals surface area (Å²) in [6.07, 6.45) is 4.75. The molecule has 2 heterocycles. The van der Waals surface area contributed by atoms with E-state index in [1.165, 1.54) is 6.20 Å². The van der Waals surface area contributed by atoms with Gasteiger partial charge in [-0.1, -0.05) is 6.07 Å². The minimum absolute atomic E-state index is 0.0886. The normalized spacial score (nSPS) is 11.6. The van der Waals surface area contributed by atoms with Crippen molar-refractivity contribution in [1.29, 1.82) is 0 Å². The molecule has 0 atom stereocenters. The summed E-state index contributed by atoms with van der Waals surface area (Å²) in [6, 6.07) is 3.56. The van der Waals surface area contributed by atoms with E-state index < -0.39 is 10.0 Å². The fraction of sp³-hybridized carbons (Fsp3) is 0.273. The van der Waals surface area contributed by atoms with E-state index in [1.807, 2.05) is 0 Å². The van der Waals surface area contributed by atoms with Gasteiger partial charge in [-0.2, -0.15) is 5.10 Å². The van der Waals surface area contributed by atoms with Crippen LogP contribution in [-0.2, 0) is 23.1 Å². The van der Waals surface area contributed by atoms with E-state index in [9.17, 15) is 8.42 Å². The van der Waals surface area contributed by atoms with Gasteiger partial charge >= 0.3 is 0 Å². The zero-order chi connectivity index (χ0) is 13.7. The Morgan fingerprint density at radius 3 is 2.84 bits per heavy atom. The molecule has 8 heteroatoms. The molecule has 0 aliphatic carbocycles. The zero-order valence-electron chi connectivity index (χ0n) is 10.4. The first kappa shape index (κ1) is 13.7. The maximum Gasteiger partial charge on any atom is 0.258 e. The van der Waals surface area contributed by atoms with E-state index >= 15 is 0 Å².